The molecule has 0 radical (unpaired) electrons. The van der Waals surface area contributed by atoms with E-state index >= 15 is 0 Å². The molecule has 5 N–H and O–H groups in total. The molecule has 0 bridgehead atoms. The van der Waals surface area contributed by atoms with Crippen LogP contribution in [0.4, 0.5) is 0 Å². The third-order valence-corrected chi connectivity index (χ3v) is 4.38. The fourth-order valence-electron chi connectivity index (χ4n) is 3.02. The second-order valence-corrected chi connectivity index (χ2v) is 6.09. The standard InChI is InChI=1S/C14H21N5O7/c1-2-3-6-8-9(18(5-21)16-6)13(25)19(17-15-8)14-12(24)11(23)10(22)7(4-20)26-14/h7,10-12,14,20-24H,2-5H2,1H3. The Kier molecular flexibility index (Phi) is 5.32. The molecule has 5 unspecified atom stereocenters. The van der Waals surface area contributed by atoms with Gasteiger partial charge in [0.2, 0.25) is 0 Å². The average Bonchev–Trinajstić information content (AvgIpc) is 3.00. The maximum atomic E-state index is 12.8. The first-order chi connectivity index (χ1) is 12.4. The number of rotatable bonds is 5. The third-order valence-electron chi connectivity index (χ3n) is 4.38. The summed E-state index contributed by atoms with van der Waals surface area (Å²) in [5, 5.41) is 60.5. The zero-order chi connectivity index (χ0) is 19.0. The van der Waals surface area contributed by atoms with E-state index in [1.807, 2.05) is 6.92 Å². The molecule has 144 valence electrons. The molecule has 0 spiro atoms. The van der Waals surface area contributed by atoms with Crippen molar-refractivity contribution in [2.24, 2.45) is 0 Å². The summed E-state index contributed by atoms with van der Waals surface area (Å²) in [4.78, 5) is 12.8. The highest BCUT2D eigenvalue weighted by Gasteiger charge is 2.45. The molecule has 5 atom stereocenters. The van der Waals surface area contributed by atoms with Crippen molar-refractivity contribution in [2.75, 3.05) is 6.61 Å². The number of aryl methyl sites for hydroxylation is 1. The first kappa shape index (κ1) is 18.8. The Labute approximate surface area is 146 Å². The van der Waals surface area contributed by atoms with Crippen LogP contribution in [0.25, 0.3) is 11.0 Å². The van der Waals surface area contributed by atoms with Crippen molar-refractivity contribution in [3.63, 3.8) is 0 Å². The normalized spacial score (nSPS) is 29.4. The zero-order valence-corrected chi connectivity index (χ0v) is 14.0. The molecule has 1 saturated heterocycles. The first-order valence-corrected chi connectivity index (χ1v) is 8.20. The van der Waals surface area contributed by atoms with Crippen LogP contribution in [0, 0.1) is 0 Å². The van der Waals surface area contributed by atoms with Gasteiger partial charge in [0.15, 0.2) is 11.7 Å². The lowest BCUT2D eigenvalue weighted by molar-refractivity contribution is -0.255. The van der Waals surface area contributed by atoms with Gasteiger partial charge in [-0.05, 0) is 6.42 Å². The second-order valence-electron chi connectivity index (χ2n) is 6.09. The Morgan fingerprint density at radius 1 is 1.15 bits per heavy atom. The van der Waals surface area contributed by atoms with E-state index in [1.165, 1.54) is 0 Å². The minimum absolute atomic E-state index is 0.0251. The van der Waals surface area contributed by atoms with E-state index in [4.69, 9.17) is 4.74 Å². The van der Waals surface area contributed by atoms with Crippen molar-refractivity contribution in [1.82, 2.24) is 24.8 Å². The minimum Gasteiger partial charge on any atom is -0.394 e. The van der Waals surface area contributed by atoms with Crippen LogP contribution in [0.3, 0.4) is 0 Å². The molecule has 2 aromatic heterocycles. The molecule has 1 fully saturated rings. The van der Waals surface area contributed by atoms with Crippen LogP contribution in [-0.4, -0.2) is 81.3 Å². The number of aliphatic hydroxyl groups excluding tert-OH is 5. The summed E-state index contributed by atoms with van der Waals surface area (Å²) in [5.74, 6) is 0. The fourth-order valence-corrected chi connectivity index (χ4v) is 3.02. The SMILES string of the molecule is CCCc1nn(CO)c2c(=O)n(C3OC(CO)C(O)C(O)C3O)nnc12. The Hall–Kier alpha value is -1.96. The molecule has 0 saturated carbocycles. The van der Waals surface area contributed by atoms with E-state index in [2.05, 4.69) is 15.4 Å². The van der Waals surface area contributed by atoms with Gasteiger partial charge in [0.25, 0.3) is 5.56 Å². The zero-order valence-electron chi connectivity index (χ0n) is 14.0. The van der Waals surface area contributed by atoms with Crippen LogP contribution in [-0.2, 0) is 17.9 Å². The van der Waals surface area contributed by atoms with Gasteiger partial charge in [-0.25, -0.2) is 4.68 Å². The molecule has 12 heteroatoms. The molecule has 26 heavy (non-hydrogen) atoms. The monoisotopic (exact) mass is 371 g/mol. The molecular formula is C14H21N5O7. The third kappa shape index (κ3) is 2.90. The van der Waals surface area contributed by atoms with Crippen LogP contribution < -0.4 is 5.56 Å². The maximum absolute atomic E-state index is 12.8. The smallest absolute Gasteiger partial charge is 0.298 e. The summed E-state index contributed by atoms with van der Waals surface area (Å²) in [6.07, 6.45) is -6.30. The predicted octanol–water partition coefficient (Wildman–Crippen LogP) is -3.14. The van der Waals surface area contributed by atoms with Crippen molar-refractivity contribution < 1.29 is 30.3 Å². The Bertz CT molecular complexity index is 835. The number of hydrogen-bond acceptors (Lipinski definition) is 10. The van der Waals surface area contributed by atoms with Gasteiger partial charge in [0, 0.05) is 0 Å². The highest BCUT2D eigenvalue weighted by molar-refractivity contribution is 5.75. The molecule has 1 aliphatic rings. The van der Waals surface area contributed by atoms with Gasteiger partial charge in [-0.2, -0.15) is 9.78 Å². The van der Waals surface area contributed by atoms with Gasteiger partial charge < -0.3 is 30.3 Å². The Balaban J connectivity index is 2.11. The van der Waals surface area contributed by atoms with Gasteiger partial charge in [-0.3, -0.25) is 4.79 Å². The predicted molar refractivity (Wildman–Crippen MR) is 84.8 cm³/mol. The quantitative estimate of drug-likeness (QED) is 0.361. The molecule has 0 aromatic carbocycles. The van der Waals surface area contributed by atoms with E-state index in [0.29, 0.717) is 16.8 Å². The largest absolute Gasteiger partial charge is 0.394 e. The topological polar surface area (TPSA) is 176 Å². The number of hydrogen-bond donors (Lipinski definition) is 5. The van der Waals surface area contributed by atoms with E-state index in [0.717, 1.165) is 11.1 Å². The van der Waals surface area contributed by atoms with Gasteiger partial charge in [0.05, 0.1) is 12.3 Å². The summed E-state index contributed by atoms with van der Waals surface area (Å²) in [5.41, 5.74) is -0.0417. The van der Waals surface area contributed by atoms with Crippen LogP contribution in [0.2, 0.25) is 0 Å². The molecular weight excluding hydrogens is 350 g/mol. The summed E-state index contributed by atoms with van der Waals surface area (Å²) in [7, 11) is 0. The summed E-state index contributed by atoms with van der Waals surface area (Å²) in [6, 6.07) is 0. The molecule has 1 aliphatic heterocycles. The number of aromatic nitrogens is 5. The second kappa shape index (κ2) is 7.34. The fraction of sp³-hybridized carbons (Fsp3) is 0.714. The number of nitrogens with zero attached hydrogens (tertiary/aromatic N) is 5. The van der Waals surface area contributed by atoms with E-state index < -0.39 is 49.5 Å². The van der Waals surface area contributed by atoms with Crippen LogP contribution in [0.1, 0.15) is 25.3 Å². The van der Waals surface area contributed by atoms with Crippen LogP contribution >= 0.6 is 0 Å². The highest BCUT2D eigenvalue weighted by Crippen LogP contribution is 2.27. The first-order valence-electron chi connectivity index (χ1n) is 8.20. The molecule has 2 aromatic rings. The Morgan fingerprint density at radius 2 is 1.88 bits per heavy atom. The Morgan fingerprint density at radius 3 is 2.50 bits per heavy atom. The lowest BCUT2D eigenvalue weighted by atomic mass is 9.98. The van der Waals surface area contributed by atoms with Gasteiger partial charge >= 0.3 is 0 Å². The van der Waals surface area contributed by atoms with Crippen molar-refractivity contribution in [2.45, 2.75) is 57.1 Å². The highest BCUT2D eigenvalue weighted by atomic mass is 16.6. The van der Waals surface area contributed by atoms with Crippen molar-refractivity contribution in [3.8, 4) is 0 Å². The maximum Gasteiger partial charge on any atom is 0.298 e. The van der Waals surface area contributed by atoms with Crippen LogP contribution in [0.15, 0.2) is 4.79 Å². The summed E-state index contributed by atoms with van der Waals surface area (Å²) in [6.45, 7) is 0.726. The van der Waals surface area contributed by atoms with Gasteiger partial charge in [-0.15, -0.1) is 5.10 Å². The van der Waals surface area contributed by atoms with E-state index in [9.17, 15) is 30.3 Å². The van der Waals surface area contributed by atoms with Crippen LogP contribution in [0.5, 0.6) is 0 Å². The lowest BCUT2D eigenvalue weighted by Gasteiger charge is -2.39. The van der Waals surface area contributed by atoms with Crippen molar-refractivity contribution in [3.05, 3.63) is 16.0 Å². The molecule has 3 heterocycles. The van der Waals surface area contributed by atoms with Gasteiger partial charge in [0.1, 0.15) is 36.7 Å². The van der Waals surface area contributed by atoms with Gasteiger partial charge in [-0.1, -0.05) is 18.6 Å². The summed E-state index contributed by atoms with van der Waals surface area (Å²) < 4.78 is 7.10. The van der Waals surface area contributed by atoms with E-state index in [1.54, 1.807) is 0 Å². The molecule has 12 nitrogen and oxygen atoms in total. The number of aliphatic hydroxyl groups is 5. The average molecular weight is 371 g/mol. The molecule has 3 rings (SSSR count). The number of fused-ring (bicyclic) bond motifs is 1. The van der Waals surface area contributed by atoms with Crippen molar-refractivity contribution >= 4 is 11.0 Å². The molecule has 0 aliphatic carbocycles. The van der Waals surface area contributed by atoms with Crippen molar-refractivity contribution in [1.29, 1.82) is 0 Å². The lowest BCUT2D eigenvalue weighted by Crippen LogP contribution is -2.58. The molecule has 0 amide bonds. The van der Waals surface area contributed by atoms with E-state index in [-0.39, 0.29) is 11.0 Å². The number of ether oxygens (including phenoxy) is 1. The minimum atomic E-state index is -1.68. The summed E-state index contributed by atoms with van der Waals surface area (Å²) >= 11 is 0.